The van der Waals surface area contributed by atoms with Gasteiger partial charge < -0.3 is 16.2 Å². The molecule has 1 amide bonds. The number of carbonyl (C=O) groups is 1. The topological polar surface area (TPSA) is 75.4 Å². The maximum absolute atomic E-state index is 11.5. The van der Waals surface area contributed by atoms with Crippen LogP contribution in [0.1, 0.15) is 11.1 Å². The average Bonchev–Trinajstić information content (AvgIpc) is 2.46. The van der Waals surface area contributed by atoms with Gasteiger partial charge in [0.15, 0.2) is 0 Å². The maximum Gasteiger partial charge on any atom is 0.234 e. The quantitative estimate of drug-likeness (QED) is 0.746. The first-order valence-electron chi connectivity index (χ1n) is 6.49. The van der Waals surface area contributed by atoms with Gasteiger partial charge in [-0.05, 0) is 29.7 Å². The third kappa shape index (κ3) is 4.10. The molecule has 1 atom stereocenters. The molecule has 4 N–H and O–H groups in total. The van der Waals surface area contributed by atoms with Crippen molar-refractivity contribution in [3.05, 3.63) is 65.7 Å². The van der Waals surface area contributed by atoms with Crippen LogP contribution in [0.2, 0.25) is 0 Å². The Morgan fingerprint density at radius 2 is 1.70 bits per heavy atom. The Hall–Kier alpha value is -2.33. The van der Waals surface area contributed by atoms with Crippen LogP contribution >= 0.6 is 0 Å². The first-order chi connectivity index (χ1) is 9.65. The van der Waals surface area contributed by atoms with Crippen LogP contribution in [0.4, 0.5) is 0 Å². The van der Waals surface area contributed by atoms with Gasteiger partial charge in [0.05, 0.1) is 6.04 Å². The fourth-order valence-corrected chi connectivity index (χ4v) is 1.98. The van der Waals surface area contributed by atoms with Gasteiger partial charge >= 0.3 is 0 Å². The van der Waals surface area contributed by atoms with Crippen molar-refractivity contribution in [3.8, 4) is 5.75 Å². The highest BCUT2D eigenvalue weighted by atomic mass is 16.3. The second-order valence-electron chi connectivity index (χ2n) is 4.69. The number of hydrogen-bond donors (Lipinski definition) is 3. The second kappa shape index (κ2) is 6.73. The third-order valence-corrected chi connectivity index (χ3v) is 3.12. The molecule has 2 aromatic carbocycles. The highest BCUT2D eigenvalue weighted by Crippen LogP contribution is 2.11. The highest BCUT2D eigenvalue weighted by Gasteiger charge is 2.15. The fraction of sp³-hybridized carbons (Fsp3) is 0.188. The lowest BCUT2D eigenvalue weighted by molar-refractivity contribution is -0.120. The monoisotopic (exact) mass is 270 g/mol. The van der Waals surface area contributed by atoms with E-state index in [9.17, 15) is 9.90 Å². The van der Waals surface area contributed by atoms with Gasteiger partial charge in [-0.2, -0.15) is 0 Å². The summed E-state index contributed by atoms with van der Waals surface area (Å²) in [4.78, 5) is 11.5. The van der Waals surface area contributed by atoms with Gasteiger partial charge in [0.1, 0.15) is 5.75 Å². The van der Waals surface area contributed by atoms with E-state index in [4.69, 9.17) is 5.73 Å². The molecule has 0 fully saturated rings. The number of carbonyl (C=O) groups excluding carboxylic acids is 1. The van der Waals surface area contributed by atoms with Crippen LogP contribution in [0.5, 0.6) is 5.75 Å². The molecule has 4 nitrogen and oxygen atoms in total. The van der Waals surface area contributed by atoms with E-state index >= 15 is 0 Å². The predicted octanol–water partition coefficient (Wildman–Crippen LogP) is 1.58. The van der Waals surface area contributed by atoms with Crippen LogP contribution in [0.3, 0.4) is 0 Å². The molecule has 0 saturated carbocycles. The molecule has 2 aromatic rings. The second-order valence-corrected chi connectivity index (χ2v) is 4.69. The first kappa shape index (κ1) is 14.1. The molecule has 0 aliphatic rings. The summed E-state index contributed by atoms with van der Waals surface area (Å²) >= 11 is 0. The summed E-state index contributed by atoms with van der Waals surface area (Å²) in [6, 6.07) is 16.2. The Balaban J connectivity index is 1.97. The van der Waals surface area contributed by atoms with Gasteiger partial charge in [-0.25, -0.2) is 0 Å². The molecule has 1 unspecified atom stereocenters. The van der Waals surface area contributed by atoms with E-state index in [0.717, 1.165) is 11.1 Å². The minimum Gasteiger partial charge on any atom is -0.508 e. The standard InChI is InChI=1S/C16H18N2O2/c17-16(20)15(10-12-6-8-14(19)9-7-12)18-11-13-4-2-1-3-5-13/h1-9,15,18-19H,10-11H2,(H2,17,20). The molecule has 0 aliphatic heterocycles. The van der Waals surface area contributed by atoms with Crippen molar-refractivity contribution < 1.29 is 9.90 Å². The Morgan fingerprint density at radius 3 is 2.30 bits per heavy atom. The first-order valence-corrected chi connectivity index (χ1v) is 6.49. The molecule has 0 aliphatic carbocycles. The summed E-state index contributed by atoms with van der Waals surface area (Å²) in [6.45, 7) is 0.590. The number of benzene rings is 2. The average molecular weight is 270 g/mol. The number of rotatable bonds is 6. The molecular weight excluding hydrogens is 252 g/mol. The number of hydrogen-bond acceptors (Lipinski definition) is 3. The summed E-state index contributed by atoms with van der Waals surface area (Å²) in [5.41, 5.74) is 7.48. The lowest BCUT2D eigenvalue weighted by Gasteiger charge is -2.15. The molecule has 0 heterocycles. The summed E-state index contributed by atoms with van der Waals surface area (Å²) in [5.74, 6) is -0.171. The van der Waals surface area contributed by atoms with E-state index in [1.807, 2.05) is 30.3 Å². The smallest absolute Gasteiger partial charge is 0.234 e. The van der Waals surface area contributed by atoms with E-state index < -0.39 is 6.04 Å². The minimum absolute atomic E-state index is 0.210. The largest absolute Gasteiger partial charge is 0.508 e. The number of amides is 1. The van der Waals surface area contributed by atoms with Crippen LogP contribution in [0.15, 0.2) is 54.6 Å². The Bertz CT molecular complexity index is 552. The number of nitrogens with two attached hydrogens (primary N) is 1. The number of nitrogens with one attached hydrogen (secondary N) is 1. The molecule has 0 aromatic heterocycles. The zero-order valence-electron chi connectivity index (χ0n) is 11.1. The Kier molecular flexibility index (Phi) is 4.74. The molecule has 2 rings (SSSR count). The fourth-order valence-electron chi connectivity index (χ4n) is 1.98. The molecule has 20 heavy (non-hydrogen) atoms. The molecular formula is C16H18N2O2. The van der Waals surface area contributed by atoms with Crippen molar-refractivity contribution in [1.29, 1.82) is 0 Å². The Labute approximate surface area is 118 Å². The summed E-state index contributed by atoms with van der Waals surface area (Å²) in [5, 5.41) is 12.4. The Morgan fingerprint density at radius 1 is 1.05 bits per heavy atom. The number of aromatic hydroxyl groups is 1. The number of phenolic OH excluding ortho intramolecular Hbond substituents is 1. The zero-order valence-corrected chi connectivity index (χ0v) is 11.1. The van der Waals surface area contributed by atoms with Crippen molar-refractivity contribution in [2.75, 3.05) is 0 Å². The number of phenols is 1. The third-order valence-electron chi connectivity index (χ3n) is 3.12. The van der Waals surface area contributed by atoms with Gasteiger partial charge in [0.25, 0.3) is 0 Å². The molecule has 0 saturated heterocycles. The molecule has 0 bridgehead atoms. The lowest BCUT2D eigenvalue weighted by Crippen LogP contribution is -2.42. The summed E-state index contributed by atoms with van der Waals surface area (Å²) in [6.07, 6.45) is 0.502. The van der Waals surface area contributed by atoms with Gasteiger partial charge in [-0.3, -0.25) is 4.79 Å². The maximum atomic E-state index is 11.5. The SMILES string of the molecule is NC(=O)C(Cc1ccc(O)cc1)NCc1ccccc1. The van der Waals surface area contributed by atoms with Crippen molar-refractivity contribution in [2.45, 2.75) is 19.0 Å². The predicted molar refractivity (Wildman–Crippen MR) is 78.1 cm³/mol. The van der Waals surface area contributed by atoms with Crippen LogP contribution in [-0.4, -0.2) is 17.1 Å². The van der Waals surface area contributed by atoms with E-state index in [1.54, 1.807) is 24.3 Å². The number of primary amides is 1. The highest BCUT2D eigenvalue weighted by molar-refractivity contribution is 5.80. The van der Waals surface area contributed by atoms with E-state index in [0.29, 0.717) is 13.0 Å². The van der Waals surface area contributed by atoms with Crippen LogP contribution in [0.25, 0.3) is 0 Å². The van der Waals surface area contributed by atoms with E-state index in [1.165, 1.54) is 0 Å². The van der Waals surface area contributed by atoms with Gasteiger partial charge in [0, 0.05) is 6.54 Å². The lowest BCUT2D eigenvalue weighted by atomic mass is 10.0. The molecule has 104 valence electrons. The van der Waals surface area contributed by atoms with Crippen molar-refractivity contribution in [1.82, 2.24) is 5.32 Å². The zero-order chi connectivity index (χ0) is 14.4. The summed E-state index contributed by atoms with van der Waals surface area (Å²) < 4.78 is 0. The van der Waals surface area contributed by atoms with Crippen LogP contribution in [0, 0.1) is 0 Å². The van der Waals surface area contributed by atoms with Gasteiger partial charge in [-0.15, -0.1) is 0 Å². The van der Waals surface area contributed by atoms with Crippen molar-refractivity contribution in [2.24, 2.45) is 5.73 Å². The molecule has 4 heteroatoms. The van der Waals surface area contributed by atoms with Gasteiger partial charge in [0.2, 0.25) is 5.91 Å². The van der Waals surface area contributed by atoms with Crippen molar-refractivity contribution >= 4 is 5.91 Å². The normalized spacial score (nSPS) is 12.0. The van der Waals surface area contributed by atoms with Crippen LogP contribution < -0.4 is 11.1 Å². The van der Waals surface area contributed by atoms with Gasteiger partial charge in [-0.1, -0.05) is 42.5 Å². The molecule has 0 spiro atoms. The van der Waals surface area contributed by atoms with E-state index in [2.05, 4.69) is 5.32 Å². The molecule has 0 radical (unpaired) electrons. The summed E-state index contributed by atoms with van der Waals surface area (Å²) in [7, 11) is 0. The van der Waals surface area contributed by atoms with E-state index in [-0.39, 0.29) is 11.7 Å². The van der Waals surface area contributed by atoms with Crippen LogP contribution in [-0.2, 0) is 17.8 Å². The minimum atomic E-state index is -0.431. The van der Waals surface area contributed by atoms with Crippen molar-refractivity contribution in [3.63, 3.8) is 0 Å².